The summed E-state index contributed by atoms with van der Waals surface area (Å²) in [6, 6.07) is 7.63. The zero-order chi connectivity index (χ0) is 9.68. The number of rotatable bonds is 2. The van der Waals surface area contributed by atoms with Crippen molar-refractivity contribution in [2.45, 2.75) is 12.8 Å². The van der Waals surface area contributed by atoms with E-state index in [4.69, 9.17) is 10.5 Å². The molecule has 0 atom stereocenters. The number of nitrogens with zero attached hydrogens (tertiary/aromatic N) is 3. The lowest BCUT2D eigenvalue weighted by molar-refractivity contribution is 1.06. The minimum absolute atomic E-state index is 0.297. The van der Waals surface area contributed by atoms with E-state index in [1.165, 1.54) is 0 Å². The summed E-state index contributed by atoms with van der Waals surface area (Å²) in [5, 5.41) is 16.9. The topological polar surface area (TPSA) is 60.5 Å². The van der Waals surface area contributed by atoms with Crippen LogP contribution >= 0.6 is 15.9 Å². The molecule has 1 aromatic heterocycles. The molecule has 13 heavy (non-hydrogen) atoms. The van der Waals surface area contributed by atoms with Crippen molar-refractivity contribution in [1.82, 2.24) is 4.98 Å². The third kappa shape index (κ3) is 2.54. The van der Waals surface area contributed by atoms with Crippen LogP contribution in [0.5, 0.6) is 0 Å². The monoisotopic (exact) mass is 235 g/mol. The van der Waals surface area contributed by atoms with Crippen molar-refractivity contribution in [3.05, 3.63) is 28.0 Å². The van der Waals surface area contributed by atoms with Gasteiger partial charge < -0.3 is 0 Å². The Morgan fingerprint density at radius 1 is 1.23 bits per heavy atom. The van der Waals surface area contributed by atoms with E-state index in [1.807, 2.05) is 18.2 Å². The summed E-state index contributed by atoms with van der Waals surface area (Å²) >= 11 is 3.25. The molecular weight excluding hydrogens is 230 g/mol. The lowest BCUT2D eigenvalue weighted by Crippen LogP contribution is -1.93. The largest absolute Gasteiger partial charge is 0.245 e. The average Bonchev–Trinajstić information content (AvgIpc) is 2.10. The molecule has 0 unspecified atom stereocenters. The van der Waals surface area contributed by atoms with E-state index in [9.17, 15) is 0 Å². The van der Waals surface area contributed by atoms with E-state index in [0.717, 1.165) is 11.3 Å². The fourth-order valence-corrected chi connectivity index (χ4v) is 1.40. The molecule has 4 heteroatoms. The molecule has 0 bridgehead atoms. The molecule has 0 saturated heterocycles. The summed E-state index contributed by atoms with van der Waals surface area (Å²) in [4.78, 5) is 4.12. The first-order valence-corrected chi connectivity index (χ1v) is 4.45. The molecule has 3 nitrogen and oxygen atoms in total. The van der Waals surface area contributed by atoms with Crippen molar-refractivity contribution >= 4 is 15.9 Å². The SMILES string of the molecule is N#CCc1ccc(CC#N)c(Br)n1. The standard InChI is InChI=1S/C9H6BrN3/c10-9-7(3-5-11)1-2-8(13-9)4-6-12/h1-2H,3-4H2. The number of halogens is 1. The van der Waals surface area contributed by atoms with E-state index in [0.29, 0.717) is 17.4 Å². The predicted octanol–water partition coefficient (Wildman–Crippen LogP) is 1.98. The molecule has 0 saturated carbocycles. The van der Waals surface area contributed by atoms with Crippen molar-refractivity contribution < 1.29 is 0 Å². The second-order valence-corrected chi connectivity index (χ2v) is 3.17. The molecule has 64 valence electrons. The first-order valence-electron chi connectivity index (χ1n) is 3.66. The van der Waals surface area contributed by atoms with Crippen LogP contribution in [0.25, 0.3) is 0 Å². The fourth-order valence-electron chi connectivity index (χ4n) is 0.897. The third-order valence-electron chi connectivity index (χ3n) is 1.51. The van der Waals surface area contributed by atoms with Crippen LogP contribution in [0.2, 0.25) is 0 Å². The minimum atomic E-state index is 0.297. The summed E-state index contributed by atoms with van der Waals surface area (Å²) in [6.45, 7) is 0. The fraction of sp³-hybridized carbons (Fsp3) is 0.222. The van der Waals surface area contributed by atoms with Gasteiger partial charge in [0.25, 0.3) is 0 Å². The zero-order valence-corrected chi connectivity index (χ0v) is 8.37. The molecule has 0 amide bonds. The number of hydrogen-bond donors (Lipinski definition) is 0. The van der Waals surface area contributed by atoms with Crippen molar-refractivity contribution in [3.8, 4) is 12.1 Å². The Labute approximate surface area is 84.8 Å². The second kappa shape index (κ2) is 4.59. The average molecular weight is 236 g/mol. The van der Waals surface area contributed by atoms with Crippen molar-refractivity contribution in [2.75, 3.05) is 0 Å². The predicted molar refractivity (Wildman–Crippen MR) is 50.6 cm³/mol. The van der Waals surface area contributed by atoms with Crippen LogP contribution in [-0.2, 0) is 12.8 Å². The van der Waals surface area contributed by atoms with E-state index in [1.54, 1.807) is 6.07 Å². The molecule has 0 aliphatic rings. The van der Waals surface area contributed by atoms with Gasteiger partial charge in [-0.15, -0.1) is 0 Å². The maximum Gasteiger partial charge on any atom is 0.110 e. The molecule has 0 spiro atoms. The Morgan fingerprint density at radius 2 is 1.92 bits per heavy atom. The highest BCUT2D eigenvalue weighted by Crippen LogP contribution is 2.15. The van der Waals surface area contributed by atoms with Gasteiger partial charge in [0.2, 0.25) is 0 Å². The van der Waals surface area contributed by atoms with Gasteiger partial charge in [0.1, 0.15) is 4.60 Å². The van der Waals surface area contributed by atoms with Crippen molar-refractivity contribution in [1.29, 1.82) is 10.5 Å². The lowest BCUT2D eigenvalue weighted by Gasteiger charge is -1.99. The summed E-state index contributed by atoms with van der Waals surface area (Å²) in [5.41, 5.74) is 1.57. The number of hydrogen-bond acceptors (Lipinski definition) is 3. The molecule has 1 aromatic rings. The summed E-state index contributed by atoms with van der Waals surface area (Å²) in [5.74, 6) is 0. The zero-order valence-electron chi connectivity index (χ0n) is 6.79. The van der Waals surface area contributed by atoms with Crippen LogP contribution in [-0.4, -0.2) is 4.98 Å². The van der Waals surface area contributed by atoms with Gasteiger partial charge >= 0.3 is 0 Å². The highest BCUT2D eigenvalue weighted by atomic mass is 79.9. The summed E-state index contributed by atoms with van der Waals surface area (Å²) in [7, 11) is 0. The molecule has 0 aliphatic heterocycles. The van der Waals surface area contributed by atoms with Gasteiger partial charge in [0, 0.05) is 0 Å². The maximum absolute atomic E-state index is 8.47. The second-order valence-electron chi connectivity index (χ2n) is 2.42. The van der Waals surface area contributed by atoms with Crippen molar-refractivity contribution in [3.63, 3.8) is 0 Å². The Morgan fingerprint density at radius 3 is 2.46 bits per heavy atom. The van der Waals surface area contributed by atoms with Crippen LogP contribution in [0.15, 0.2) is 16.7 Å². The molecule has 0 N–H and O–H groups in total. The van der Waals surface area contributed by atoms with E-state index < -0.39 is 0 Å². The first-order chi connectivity index (χ1) is 6.27. The van der Waals surface area contributed by atoms with E-state index in [-0.39, 0.29) is 0 Å². The molecule has 1 heterocycles. The Hall–Kier alpha value is -1.39. The van der Waals surface area contributed by atoms with Crippen LogP contribution in [0.3, 0.4) is 0 Å². The quantitative estimate of drug-likeness (QED) is 0.737. The maximum atomic E-state index is 8.47. The molecule has 0 aromatic carbocycles. The molecule has 1 rings (SSSR count). The molecule has 0 radical (unpaired) electrons. The molecule has 0 fully saturated rings. The van der Waals surface area contributed by atoms with E-state index >= 15 is 0 Å². The first kappa shape index (κ1) is 9.70. The van der Waals surface area contributed by atoms with Crippen LogP contribution < -0.4 is 0 Å². The summed E-state index contributed by atoms with van der Waals surface area (Å²) < 4.78 is 0.654. The van der Waals surface area contributed by atoms with Crippen LogP contribution in [0, 0.1) is 22.7 Å². The van der Waals surface area contributed by atoms with Crippen LogP contribution in [0.4, 0.5) is 0 Å². The smallest absolute Gasteiger partial charge is 0.110 e. The number of nitriles is 2. The Bertz CT molecular complexity index is 387. The van der Waals surface area contributed by atoms with Crippen LogP contribution in [0.1, 0.15) is 11.3 Å². The van der Waals surface area contributed by atoms with Gasteiger partial charge in [0.05, 0.1) is 30.7 Å². The summed E-state index contributed by atoms with van der Waals surface area (Å²) in [6.07, 6.45) is 0.631. The lowest BCUT2D eigenvalue weighted by atomic mass is 10.2. The Kier molecular flexibility index (Phi) is 3.42. The van der Waals surface area contributed by atoms with Gasteiger partial charge in [-0.05, 0) is 27.6 Å². The third-order valence-corrected chi connectivity index (χ3v) is 2.20. The highest BCUT2D eigenvalue weighted by Gasteiger charge is 2.01. The van der Waals surface area contributed by atoms with Gasteiger partial charge in [-0.25, -0.2) is 4.98 Å². The number of pyridine rings is 1. The van der Waals surface area contributed by atoms with Crippen molar-refractivity contribution in [2.24, 2.45) is 0 Å². The number of aromatic nitrogens is 1. The molecular formula is C9H6BrN3. The normalized spacial score (nSPS) is 8.85. The van der Waals surface area contributed by atoms with Gasteiger partial charge in [0.15, 0.2) is 0 Å². The van der Waals surface area contributed by atoms with Gasteiger partial charge in [-0.2, -0.15) is 10.5 Å². The highest BCUT2D eigenvalue weighted by molar-refractivity contribution is 9.10. The van der Waals surface area contributed by atoms with E-state index in [2.05, 4.69) is 20.9 Å². The minimum Gasteiger partial charge on any atom is -0.245 e. The van der Waals surface area contributed by atoms with Gasteiger partial charge in [-0.1, -0.05) is 6.07 Å². The Balaban J connectivity index is 2.94. The molecule has 0 aliphatic carbocycles. The van der Waals surface area contributed by atoms with Gasteiger partial charge in [-0.3, -0.25) is 0 Å².